The number of hydrogen-bond acceptors (Lipinski definition) is 5. The van der Waals surface area contributed by atoms with E-state index in [0.29, 0.717) is 28.3 Å². The van der Waals surface area contributed by atoms with Crippen molar-refractivity contribution in [1.82, 2.24) is 9.97 Å². The molecule has 0 fully saturated rings. The van der Waals surface area contributed by atoms with Crippen molar-refractivity contribution in [2.45, 2.75) is 12.6 Å². The fourth-order valence-electron chi connectivity index (χ4n) is 3.43. The molecule has 1 aliphatic heterocycles. The lowest BCUT2D eigenvalue weighted by Gasteiger charge is -2.16. The van der Waals surface area contributed by atoms with Crippen LogP contribution in [0.2, 0.25) is 0 Å². The summed E-state index contributed by atoms with van der Waals surface area (Å²) in [5, 5.41) is 0. The minimum absolute atomic E-state index is 0.00363. The number of hydrogen-bond donors (Lipinski definition) is 0. The van der Waals surface area contributed by atoms with E-state index in [0.717, 1.165) is 19.2 Å². The predicted octanol–water partition coefficient (Wildman–Crippen LogP) is 4.17. The number of esters is 1. The molecule has 0 saturated heterocycles. The first-order valence-electron chi connectivity index (χ1n) is 8.83. The van der Waals surface area contributed by atoms with Gasteiger partial charge in [-0.05, 0) is 41.5 Å². The highest BCUT2D eigenvalue weighted by Gasteiger charge is 2.37. The number of carbonyl (C=O) groups excluding carboxylic acids is 2. The Hall–Kier alpha value is -3.75. The minimum atomic E-state index is -4.71. The molecule has 4 rings (SSSR count). The van der Waals surface area contributed by atoms with Crippen molar-refractivity contribution in [3.63, 3.8) is 0 Å². The first kappa shape index (κ1) is 19.6. The third-order valence-electron chi connectivity index (χ3n) is 4.74. The number of amides is 1. The molecule has 0 radical (unpaired) electrons. The summed E-state index contributed by atoms with van der Waals surface area (Å²) in [6.45, 7) is 0. The van der Waals surface area contributed by atoms with E-state index in [1.807, 2.05) is 0 Å². The third kappa shape index (κ3) is 3.28. The number of fused-ring (bicyclic) bond motifs is 1. The average molecular weight is 413 g/mol. The number of ether oxygens (including phenoxy) is 1. The number of aromatic nitrogens is 2. The topological polar surface area (TPSA) is 72.4 Å². The molecule has 0 N–H and O–H groups in total. The Kier molecular flexibility index (Phi) is 4.73. The van der Waals surface area contributed by atoms with Gasteiger partial charge < -0.3 is 4.74 Å². The van der Waals surface area contributed by atoms with Crippen LogP contribution in [0.25, 0.3) is 11.1 Å². The largest absolute Gasteiger partial charge is 0.465 e. The van der Waals surface area contributed by atoms with Crippen LogP contribution in [0, 0.1) is 0 Å². The molecule has 0 saturated carbocycles. The number of methoxy groups -OCH3 is 1. The van der Waals surface area contributed by atoms with E-state index in [9.17, 15) is 22.8 Å². The second kappa shape index (κ2) is 7.25. The number of rotatable bonds is 3. The van der Waals surface area contributed by atoms with E-state index >= 15 is 0 Å². The summed E-state index contributed by atoms with van der Waals surface area (Å²) in [7, 11) is 1.02. The van der Waals surface area contributed by atoms with Crippen LogP contribution in [0.5, 0.6) is 0 Å². The van der Waals surface area contributed by atoms with Gasteiger partial charge in [-0.1, -0.05) is 12.1 Å². The Bertz CT molecular complexity index is 1150. The van der Waals surface area contributed by atoms with Gasteiger partial charge in [0.05, 0.1) is 24.7 Å². The summed E-state index contributed by atoms with van der Waals surface area (Å²) in [6.07, 6.45) is -1.71. The molecule has 30 heavy (non-hydrogen) atoms. The Balaban J connectivity index is 1.85. The first-order chi connectivity index (χ1) is 14.3. The fourth-order valence-corrected chi connectivity index (χ4v) is 3.43. The molecule has 9 heteroatoms. The number of nitrogens with zero attached hydrogens (tertiary/aromatic N) is 3. The molecule has 0 unspecified atom stereocenters. The zero-order valence-corrected chi connectivity index (χ0v) is 15.6. The van der Waals surface area contributed by atoms with E-state index in [1.165, 1.54) is 17.2 Å². The number of halogens is 3. The molecule has 1 aromatic carbocycles. The molecule has 1 amide bonds. The number of anilines is 2. The molecule has 3 heterocycles. The molecular formula is C21H14F3N3O3. The van der Waals surface area contributed by atoms with Gasteiger partial charge in [0, 0.05) is 18.0 Å². The van der Waals surface area contributed by atoms with Gasteiger partial charge in [0.25, 0.3) is 0 Å². The Labute approximate surface area is 168 Å². The van der Waals surface area contributed by atoms with Crippen molar-refractivity contribution < 1.29 is 27.5 Å². The highest BCUT2D eigenvalue weighted by atomic mass is 19.4. The average Bonchev–Trinajstić information content (AvgIpc) is 3.08. The standard InChI is InChI=1S/C21H14F3N3O3/c1-30-20(29)15-10-12(5-6-16(15)21(22,23)24)13-7-9-26-19-14(13)11-18(28)27(19)17-4-2-3-8-25-17/h2-10H,11H2,1H3. The maximum Gasteiger partial charge on any atom is 0.417 e. The molecule has 1 aliphatic rings. The molecule has 0 bridgehead atoms. The maximum absolute atomic E-state index is 13.3. The minimum Gasteiger partial charge on any atom is -0.465 e. The molecule has 3 aromatic rings. The van der Waals surface area contributed by atoms with Gasteiger partial charge in [0.15, 0.2) is 0 Å². The lowest BCUT2D eigenvalue weighted by atomic mass is 9.95. The first-order valence-corrected chi connectivity index (χ1v) is 8.83. The van der Waals surface area contributed by atoms with Gasteiger partial charge in [0.2, 0.25) is 5.91 Å². The number of alkyl halides is 3. The number of carbonyl (C=O) groups is 2. The molecular weight excluding hydrogens is 399 g/mol. The van der Waals surface area contributed by atoms with Crippen molar-refractivity contribution >= 4 is 23.5 Å². The summed E-state index contributed by atoms with van der Waals surface area (Å²) in [5.41, 5.74) is -0.291. The van der Waals surface area contributed by atoms with Crippen molar-refractivity contribution in [2.24, 2.45) is 0 Å². The Morgan fingerprint density at radius 2 is 1.90 bits per heavy atom. The van der Waals surface area contributed by atoms with Crippen molar-refractivity contribution in [2.75, 3.05) is 12.0 Å². The van der Waals surface area contributed by atoms with E-state index in [2.05, 4.69) is 14.7 Å². The lowest BCUT2D eigenvalue weighted by Crippen LogP contribution is -2.22. The van der Waals surface area contributed by atoms with Crippen molar-refractivity contribution in [3.8, 4) is 11.1 Å². The van der Waals surface area contributed by atoms with Crippen LogP contribution in [0.1, 0.15) is 21.5 Å². The fraction of sp³-hybridized carbons (Fsp3) is 0.143. The Morgan fingerprint density at radius 3 is 2.57 bits per heavy atom. The quantitative estimate of drug-likeness (QED) is 0.603. The summed E-state index contributed by atoms with van der Waals surface area (Å²) >= 11 is 0. The van der Waals surface area contributed by atoms with Gasteiger partial charge >= 0.3 is 12.1 Å². The van der Waals surface area contributed by atoms with Crippen LogP contribution in [-0.4, -0.2) is 29.0 Å². The maximum atomic E-state index is 13.3. The normalized spacial score (nSPS) is 13.3. The monoisotopic (exact) mass is 413 g/mol. The summed E-state index contributed by atoms with van der Waals surface area (Å²) < 4.78 is 44.5. The SMILES string of the molecule is COC(=O)c1cc(-c2ccnc3c2CC(=O)N3c2ccccn2)ccc1C(F)(F)F. The second-order valence-electron chi connectivity index (χ2n) is 6.50. The summed E-state index contributed by atoms with van der Waals surface area (Å²) in [6, 6.07) is 9.92. The van der Waals surface area contributed by atoms with Crippen LogP contribution >= 0.6 is 0 Å². The van der Waals surface area contributed by atoms with Crippen molar-refractivity contribution in [1.29, 1.82) is 0 Å². The Morgan fingerprint density at radius 1 is 1.10 bits per heavy atom. The van der Waals surface area contributed by atoms with Crippen LogP contribution in [-0.2, 0) is 22.1 Å². The molecule has 0 atom stereocenters. The summed E-state index contributed by atoms with van der Waals surface area (Å²) in [4.78, 5) is 34.4. The summed E-state index contributed by atoms with van der Waals surface area (Å²) in [5.74, 6) is -0.603. The van der Waals surface area contributed by atoms with E-state index < -0.39 is 23.3 Å². The lowest BCUT2D eigenvalue weighted by molar-refractivity contribution is -0.138. The molecule has 6 nitrogen and oxygen atoms in total. The number of pyridine rings is 2. The smallest absolute Gasteiger partial charge is 0.417 e. The van der Waals surface area contributed by atoms with Crippen LogP contribution in [0.15, 0.2) is 54.9 Å². The van der Waals surface area contributed by atoms with Crippen LogP contribution < -0.4 is 4.90 Å². The van der Waals surface area contributed by atoms with Crippen LogP contribution in [0.3, 0.4) is 0 Å². The molecule has 0 spiro atoms. The van der Waals surface area contributed by atoms with Gasteiger partial charge in [-0.2, -0.15) is 13.2 Å². The highest BCUT2D eigenvalue weighted by Crippen LogP contribution is 2.40. The van der Waals surface area contributed by atoms with Gasteiger partial charge in [-0.3, -0.25) is 4.79 Å². The van der Waals surface area contributed by atoms with E-state index in [1.54, 1.807) is 30.5 Å². The van der Waals surface area contributed by atoms with Gasteiger partial charge in [-0.25, -0.2) is 19.7 Å². The van der Waals surface area contributed by atoms with Crippen LogP contribution in [0.4, 0.5) is 24.8 Å². The third-order valence-corrected chi connectivity index (χ3v) is 4.74. The second-order valence-corrected chi connectivity index (χ2v) is 6.50. The number of benzene rings is 1. The zero-order valence-electron chi connectivity index (χ0n) is 15.6. The van der Waals surface area contributed by atoms with Gasteiger partial charge in [-0.15, -0.1) is 0 Å². The molecule has 2 aromatic heterocycles. The van der Waals surface area contributed by atoms with Gasteiger partial charge in [0.1, 0.15) is 11.6 Å². The van der Waals surface area contributed by atoms with E-state index in [4.69, 9.17) is 0 Å². The van der Waals surface area contributed by atoms with Crippen molar-refractivity contribution in [3.05, 3.63) is 71.5 Å². The highest BCUT2D eigenvalue weighted by molar-refractivity contribution is 6.07. The zero-order chi connectivity index (χ0) is 21.5. The molecule has 152 valence electrons. The van der Waals surface area contributed by atoms with E-state index in [-0.39, 0.29) is 12.3 Å². The molecule has 0 aliphatic carbocycles. The predicted molar refractivity (Wildman–Crippen MR) is 101 cm³/mol.